The van der Waals surface area contributed by atoms with E-state index in [9.17, 15) is 50.4 Å². The minimum Gasteiger partial charge on any atom is -0.322 e. The number of anilines is 2. The standard InChI is InChI=1S/C23H14F7N3O4S/c1-10(21(34)32-20-18(26)16(24)15(23(28,29)30)17(25)19(20)27)38-14-7-3-5-12(9-14)31-22(35)11-4-2-6-13(8-11)33(36)37/h2-10H,1H3,(H,31,35)(H,32,34). The molecule has 3 aromatic carbocycles. The number of nitrogens with one attached hydrogen (secondary N) is 2. The molecule has 0 aromatic heterocycles. The van der Waals surface area contributed by atoms with Crippen LogP contribution in [-0.4, -0.2) is 22.0 Å². The first-order valence-electron chi connectivity index (χ1n) is 10.3. The van der Waals surface area contributed by atoms with Gasteiger partial charge in [0.25, 0.3) is 11.6 Å². The van der Waals surface area contributed by atoms with Gasteiger partial charge in [-0.05, 0) is 31.2 Å². The van der Waals surface area contributed by atoms with E-state index in [2.05, 4.69) is 5.32 Å². The van der Waals surface area contributed by atoms with E-state index < -0.39 is 62.7 Å². The average Bonchev–Trinajstić information content (AvgIpc) is 2.84. The molecule has 1 atom stereocenters. The predicted octanol–water partition coefficient (Wildman–Crippen LogP) is 6.54. The van der Waals surface area contributed by atoms with Crippen molar-refractivity contribution in [2.75, 3.05) is 10.6 Å². The van der Waals surface area contributed by atoms with Crippen molar-refractivity contribution in [3.8, 4) is 0 Å². The molecular weight excluding hydrogens is 547 g/mol. The number of nitro groups is 1. The van der Waals surface area contributed by atoms with Crippen LogP contribution in [0.4, 0.5) is 47.8 Å². The van der Waals surface area contributed by atoms with Crippen LogP contribution in [0.2, 0.25) is 0 Å². The van der Waals surface area contributed by atoms with Crippen molar-refractivity contribution < 1.29 is 45.2 Å². The Hall–Kier alpha value is -4.14. The predicted molar refractivity (Wildman–Crippen MR) is 123 cm³/mol. The lowest BCUT2D eigenvalue weighted by molar-refractivity contribution is -0.384. The molecule has 15 heteroatoms. The quantitative estimate of drug-likeness (QED) is 0.112. The average molecular weight is 561 g/mol. The second-order valence-electron chi connectivity index (χ2n) is 7.54. The molecule has 0 aliphatic carbocycles. The molecule has 0 bridgehead atoms. The van der Waals surface area contributed by atoms with Crippen molar-refractivity contribution >= 4 is 40.6 Å². The lowest BCUT2D eigenvalue weighted by Gasteiger charge is -2.16. The molecule has 0 aliphatic heterocycles. The summed E-state index contributed by atoms with van der Waals surface area (Å²) in [6.07, 6.45) is -5.73. The summed E-state index contributed by atoms with van der Waals surface area (Å²) in [5, 5.41) is 13.8. The van der Waals surface area contributed by atoms with E-state index in [0.29, 0.717) is 4.90 Å². The summed E-state index contributed by atoms with van der Waals surface area (Å²) in [6.45, 7) is 1.24. The van der Waals surface area contributed by atoms with Gasteiger partial charge in [-0.1, -0.05) is 12.1 Å². The Morgan fingerprint density at radius 1 is 0.921 bits per heavy atom. The molecular formula is C23H14F7N3O4S. The second-order valence-corrected chi connectivity index (χ2v) is 8.96. The Morgan fingerprint density at radius 2 is 1.53 bits per heavy atom. The van der Waals surface area contributed by atoms with Gasteiger partial charge >= 0.3 is 6.18 Å². The highest BCUT2D eigenvalue weighted by molar-refractivity contribution is 8.00. The van der Waals surface area contributed by atoms with E-state index >= 15 is 0 Å². The molecule has 200 valence electrons. The Balaban J connectivity index is 1.74. The van der Waals surface area contributed by atoms with Gasteiger partial charge in [-0.3, -0.25) is 19.7 Å². The fraction of sp³-hybridized carbons (Fsp3) is 0.130. The van der Waals surface area contributed by atoms with E-state index in [4.69, 9.17) is 0 Å². The van der Waals surface area contributed by atoms with Crippen LogP contribution in [0, 0.1) is 33.4 Å². The summed E-state index contributed by atoms with van der Waals surface area (Å²) < 4.78 is 94.0. The van der Waals surface area contributed by atoms with Gasteiger partial charge in [-0.25, -0.2) is 17.6 Å². The molecule has 2 amide bonds. The minimum absolute atomic E-state index is 0.00920. The van der Waals surface area contributed by atoms with Crippen LogP contribution < -0.4 is 10.6 Å². The highest BCUT2D eigenvalue weighted by Crippen LogP contribution is 2.38. The van der Waals surface area contributed by atoms with E-state index in [1.165, 1.54) is 49.4 Å². The molecule has 0 radical (unpaired) electrons. The van der Waals surface area contributed by atoms with Gasteiger partial charge in [0, 0.05) is 28.3 Å². The molecule has 2 N–H and O–H groups in total. The first kappa shape index (κ1) is 28.4. The zero-order valence-corrected chi connectivity index (χ0v) is 19.6. The van der Waals surface area contributed by atoms with Gasteiger partial charge in [-0.15, -0.1) is 11.8 Å². The molecule has 0 heterocycles. The molecule has 0 saturated carbocycles. The molecule has 0 saturated heterocycles. The SMILES string of the molecule is CC(Sc1cccc(NC(=O)c2cccc([N+](=O)[O-])c2)c1)C(=O)Nc1c(F)c(F)c(C(F)(F)F)c(F)c1F. The number of nitrogens with zero attached hydrogens (tertiary/aromatic N) is 1. The van der Waals surface area contributed by atoms with Gasteiger partial charge in [0.05, 0.1) is 10.2 Å². The van der Waals surface area contributed by atoms with Crippen molar-refractivity contribution in [1.29, 1.82) is 0 Å². The third-order valence-electron chi connectivity index (χ3n) is 4.89. The summed E-state index contributed by atoms with van der Waals surface area (Å²) in [5.41, 5.74) is -4.59. The fourth-order valence-electron chi connectivity index (χ4n) is 3.08. The number of halogens is 7. The van der Waals surface area contributed by atoms with Gasteiger partial charge in [0.1, 0.15) is 11.3 Å². The molecule has 0 fully saturated rings. The highest BCUT2D eigenvalue weighted by Gasteiger charge is 2.42. The van der Waals surface area contributed by atoms with E-state index in [0.717, 1.165) is 17.8 Å². The van der Waals surface area contributed by atoms with Gasteiger partial charge < -0.3 is 10.6 Å². The van der Waals surface area contributed by atoms with E-state index in [1.54, 1.807) is 5.32 Å². The summed E-state index contributed by atoms with van der Waals surface area (Å²) in [7, 11) is 0. The molecule has 7 nitrogen and oxygen atoms in total. The number of carbonyl (C=O) groups excluding carboxylic acids is 2. The van der Waals surface area contributed by atoms with Crippen LogP contribution in [0.3, 0.4) is 0 Å². The number of alkyl halides is 3. The Kier molecular flexibility index (Phi) is 8.29. The maximum atomic E-state index is 14.1. The Labute approximate surface area is 213 Å². The Bertz CT molecular complexity index is 1400. The number of benzene rings is 3. The molecule has 1 unspecified atom stereocenters. The first-order chi connectivity index (χ1) is 17.7. The highest BCUT2D eigenvalue weighted by atomic mass is 32.2. The number of hydrogen-bond donors (Lipinski definition) is 2. The van der Waals surface area contributed by atoms with Crippen LogP contribution >= 0.6 is 11.8 Å². The van der Waals surface area contributed by atoms with Crippen molar-refractivity contribution in [3.63, 3.8) is 0 Å². The summed E-state index contributed by atoms with van der Waals surface area (Å²) >= 11 is 0.777. The van der Waals surface area contributed by atoms with Crippen LogP contribution in [0.5, 0.6) is 0 Å². The van der Waals surface area contributed by atoms with E-state index in [-0.39, 0.29) is 16.9 Å². The number of thioether (sulfide) groups is 1. The van der Waals surface area contributed by atoms with Gasteiger partial charge in [-0.2, -0.15) is 13.2 Å². The molecule has 0 aliphatic rings. The van der Waals surface area contributed by atoms with Crippen LogP contribution in [0.25, 0.3) is 0 Å². The van der Waals surface area contributed by atoms with Gasteiger partial charge in [0.2, 0.25) is 5.91 Å². The summed E-state index contributed by atoms with van der Waals surface area (Å²) in [6, 6.07) is 10.7. The summed E-state index contributed by atoms with van der Waals surface area (Å²) in [5.74, 6) is -12.1. The number of nitro benzene ring substituents is 1. The van der Waals surface area contributed by atoms with Crippen molar-refractivity contribution in [3.05, 3.63) is 93.0 Å². The number of hydrogen-bond acceptors (Lipinski definition) is 5. The first-order valence-corrected chi connectivity index (χ1v) is 11.1. The zero-order valence-electron chi connectivity index (χ0n) is 18.8. The maximum absolute atomic E-state index is 14.1. The topological polar surface area (TPSA) is 101 Å². The molecule has 3 aromatic rings. The largest absolute Gasteiger partial charge is 0.422 e. The van der Waals surface area contributed by atoms with Crippen LogP contribution in [0.1, 0.15) is 22.8 Å². The Morgan fingerprint density at radius 3 is 2.11 bits per heavy atom. The smallest absolute Gasteiger partial charge is 0.322 e. The van der Waals surface area contributed by atoms with Crippen molar-refractivity contribution in [1.82, 2.24) is 0 Å². The number of amides is 2. The fourth-order valence-corrected chi connectivity index (χ4v) is 4.01. The lowest BCUT2D eigenvalue weighted by Crippen LogP contribution is -2.25. The molecule has 38 heavy (non-hydrogen) atoms. The monoisotopic (exact) mass is 561 g/mol. The number of rotatable bonds is 7. The number of carbonyl (C=O) groups is 2. The minimum atomic E-state index is -5.73. The van der Waals surface area contributed by atoms with Crippen molar-refractivity contribution in [2.24, 2.45) is 0 Å². The second kappa shape index (κ2) is 11.1. The third kappa shape index (κ3) is 6.22. The van der Waals surface area contributed by atoms with Crippen LogP contribution in [-0.2, 0) is 11.0 Å². The van der Waals surface area contributed by atoms with Crippen LogP contribution in [0.15, 0.2) is 53.4 Å². The normalized spacial score (nSPS) is 12.1. The molecule has 3 rings (SSSR count). The van der Waals surface area contributed by atoms with E-state index in [1.807, 2.05) is 0 Å². The summed E-state index contributed by atoms with van der Waals surface area (Å²) in [4.78, 5) is 35.4. The van der Waals surface area contributed by atoms with Gasteiger partial charge in [0.15, 0.2) is 23.3 Å². The van der Waals surface area contributed by atoms with Crippen molar-refractivity contribution in [2.45, 2.75) is 23.2 Å². The number of non-ortho nitro benzene ring substituents is 1. The molecule has 0 spiro atoms. The lowest BCUT2D eigenvalue weighted by atomic mass is 10.1. The third-order valence-corrected chi connectivity index (χ3v) is 5.98. The zero-order chi connectivity index (χ0) is 28.4. The maximum Gasteiger partial charge on any atom is 0.422 e.